The minimum Gasteiger partial charge on any atom is -0.361 e. The Kier molecular flexibility index (Phi) is 4.15. The predicted octanol–water partition coefficient (Wildman–Crippen LogP) is 6.48. The Morgan fingerprint density at radius 3 is 2.43 bits per heavy atom. The number of aromatic amines is 1. The maximum atomic E-state index is 13.5. The number of H-pyrrole nitrogens is 1. The minimum absolute atomic E-state index is 0.0125. The van der Waals surface area contributed by atoms with E-state index >= 15 is 0 Å². The number of amides is 1. The fourth-order valence-electron chi connectivity index (χ4n) is 4.04. The number of halogens is 2. The number of carbonyl (C=O) groups excluding carboxylic acids is 1. The fraction of sp³-hybridized carbons (Fsp3) is 0.0870. The summed E-state index contributed by atoms with van der Waals surface area (Å²) >= 11 is 12.9. The first kappa shape index (κ1) is 17.4. The molecule has 1 aliphatic heterocycles. The number of fused-ring (bicyclic) bond motifs is 2. The van der Waals surface area contributed by atoms with Gasteiger partial charge in [-0.15, -0.1) is 0 Å². The van der Waals surface area contributed by atoms with Crippen molar-refractivity contribution in [2.45, 2.75) is 12.3 Å². The van der Waals surface area contributed by atoms with Gasteiger partial charge in [0.05, 0.1) is 27.3 Å². The highest BCUT2D eigenvalue weighted by Crippen LogP contribution is 2.47. The number of hydrogen-bond donors (Lipinski definition) is 1. The van der Waals surface area contributed by atoms with Crippen LogP contribution in [0.5, 0.6) is 0 Å². The van der Waals surface area contributed by atoms with Gasteiger partial charge in [-0.1, -0.05) is 65.7 Å². The molecule has 1 atom stereocenters. The highest BCUT2D eigenvalue weighted by atomic mass is 35.5. The molecular formula is C23H16Cl2N2O. The van der Waals surface area contributed by atoms with E-state index in [1.54, 1.807) is 23.1 Å². The van der Waals surface area contributed by atoms with Crippen molar-refractivity contribution in [3.63, 3.8) is 0 Å². The van der Waals surface area contributed by atoms with Crippen LogP contribution >= 0.6 is 23.2 Å². The van der Waals surface area contributed by atoms with Crippen LogP contribution in [0.4, 0.5) is 11.4 Å². The van der Waals surface area contributed by atoms with Crippen molar-refractivity contribution >= 4 is 51.4 Å². The molecule has 0 bridgehead atoms. The van der Waals surface area contributed by atoms with E-state index in [0.29, 0.717) is 22.2 Å². The molecular weight excluding hydrogens is 391 g/mol. The number of nitrogens with zero attached hydrogens (tertiary/aromatic N) is 1. The van der Waals surface area contributed by atoms with Crippen molar-refractivity contribution < 1.29 is 4.79 Å². The lowest BCUT2D eigenvalue weighted by Crippen LogP contribution is -2.25. The first-order valence-corrected chi connectivity index (χ1v) is 9.82. The standard InChI is InChI=1S/C23H16Cl2N2O/c24-18-8-5-9-19(25)22(18)27-21-11-4-2-7-16(21)17(23(27)28)12-14-13-26-20-10-3-1-6-15(14)20/h1-11,13,17,26H,12H2. The summed E-state index contributed by atoms with van der Waals surface area (Å²) in [4.78, 5) is 18.5. The molecule has 138 valence electrons. The summed E-state index contributed by atoms with van der Waals surface area (Å²) in [6.45, 7) is 0. The lowest BCUT2D eigenvalue weighted by atomic mass is 9.93. The Balaban J connectivity index is 1.62. The third kappa shape index (κ3) is 2.62. The molecule has 5 heteroatoms. The predicted molar refractivity (Wildman–Crippen MR) is 115 cm³/mol. The average Bonchev–Trinajstić information content (AvgIpc) is 3.23. The third-order valence-electron chi connectivity index (χ3n) is 5.33. The van der Waals surface area contributed by atoms with Crippen LogP contribution in [0.2, 0.25) is 10.0 Å². The molecule has 5 rings (SSSR count). The zero-order valence-electron chi connectivity index (χ0n) is 14.8. The maximum absolute atomic E-state index is 13.5. The molecule has 0 radical (unpaired) electrons. The average molecular weight is 407 g/mol. The van der Waals surface area contributed by atoms with Gasteiger partial charge >= 0.3 is 0 Å². The van der Waals surface area contributed by atoms with Crippen LogP contribution in [0.3, 0.4) is 0 Å². The highest BCUT2D eigenvalue weighted by molar-refractivity contribution is 6.40. The van der Waals surface area contributed by atoms with E-state index in [1.165, 1.54) is 0 Å². The minimum atomic E-state index is -0.289. The van der Waals surface area contributed by atoms with Gasteiger partial charge in [0.25, 0.3) is 0 Å². The summed E-state index contributed by atoms with van der Waals surface area (Å²) in [6, 6.07) is 21.3. The van der Waals surface area contributed by atoms with Crippen LogP contribution in [0.25, 0.3) is 10.9 Å². The Hall–Kier alpha value is -2.75. The molecule has 1 unspecified atom stereocenters. The first-order valence-electron chi connectivity index (χ1n) is 9.07. The van der Waals surface area contributed by atoms with Crippen molar-refractivity contribution in [3.05, 3.63) is 94.1 Å². The summed E-state index contributed by atoms with van der Waals surface area (Å²) in [6.07, 6.45) is 2.60. The van der Waals surface area contributed by atoms with E-state index in [4.69, 9.17) is 23.2 Å². The van der Waals surface area contributed by atoms with E-state index in [1.807, 2.05) is 48.7 Å². The maximum Gasteiger partial charge on any atom is 0.239 e. The van der Waals surface area contributed by atoms with E-state index in [-0.39, 0.29) is 11.8 Å². The van der Waals surface area contributed by atoms with Crippen LogP contribution < -0.4 is 4.90 Å². The van der Waals surface area contributed by atoms with Gasteiger partial charge in [-0.25, -0.2) is 0 Å². The number of carbonyl (C=O) groups is 1. The van der Waals surface area contributed by atoms with Crippen LogP contribution in [-0.4, -0.2) is 10.9 Å². The highest BCUT2D eigenvalue weighted by Gasteiger charge is 2.39. The molecule has 4 aromatic rings. The molecule has 1 aliphatic rings. The van der Waals surface area contributed by atoms with Crippen molar-refractivity contribution in [1.82, 2.24) is 4.98 Å². The zero-order chi connectivity index (χ0) is 19.3. The number of nitrogens with one attached hydrogen (secondary N) is 1. The number of benzene rings is 3. The van der Waals surface area contributed by atoms with Gasteiger partial charge < -0.3 is 4.98 Å². The third-order valence-corrected chi connectivity index (χ3v) is 5.94. The van der Waals surface area contributed by atoms with E-state index in [2.05, 4.69) is 11.1 Å². The molecule has 0 saturated heterocycles. The van der Waals surface area contributed by atoms with Crippen molar-refractivity contribution in [3.8, 4) is 0 Å². The number of aromatic nitrogens is 1. The van der Waals surface area contributed by atoms with E-state index in [9.17, 15) is 4.79 Å². The summed E-state index contributed by atoms with van der Waals surface area (Å²) < 4.78 is 0. The lowest BCUT2D eigenvalue weighted by molar-refractivity contribution is -0.118. The van der Waals surface area contributed by atoms with Gasteiger partial charge in [-0.05, 0) is 41.8 Å². The molecule has 2 heterocycles. The largest absolute Gasteiger partial charge is 0.361 e. The first-order chi connectivity index (χ1) is 13.6. The van der Waals surface area contributed by atoms with Crippen LogP contribution in [0, 0.1) is 0 Å². The number of anilines is 2. The second-order valence-corrected chi connectivity index (χ2v) is 7.73. The normalized spacial score (nSPS) is 16.0. The summed E-state index contributed by atoms with van der Waals surface area (Å²) in [5, 5.41) is 2.06. The molecule has 1 N–H and O–H groups in total. The monoisotopic (exact) mass is 406 g/mol. The molecule has 3 aromatic carbocycles. The molecule has 1 aromatic heterocycles. The fourth-order valence-corrected chi connectivity index (χ4v) is 4.61. The van der Waals surface area contributed by atoms with Gasteiger partial charge in [0.2, 0.25) is 5.91 Å². The Morgan fingerprint density at radius 1 is 0.893 bits per heavy atom. The Morgan fingerprint density at radius 2 is 1.61 bits per heavy atom. The molecule has 1 amide bonds. The van der Waals surface area contributed by atoms with E-state index in [0.717, 1.165) is 27.7 Å². The van der Waals surface area contributed by atoms with Crippen LogP contribution in [0.15, 0.2) is 72.9 Å². The molecule has 28 heavy (non-hydrogen) atoms. The smallest absolute Gasteiger partial charge is 0.239 e. The summed E-state index contributed by atoms with van der Waals surface area (Å²) in [7, 11) is 0. The quantitative estimate of drug-likeness (QED) is 0.415. The van der Waals surface area contributed by atoms with Crippen LogP contribution in [0.1, 0.15) is 17.0 Å². The van der Waals surface area contributed by atoms with Crippen molar-refractivity contribution in [1.29, 1.82) is 0 Å². The van der Waals surface area contributed by atoms with Gasteiger partial charge in [-0.2, -0.15) is 0 Å². The SMILES string of the molecule is O=C1C(Cc2c[nH]c3ccccc23)c2ccccc2N1c1c(Cl)cccc1Cl. The topological polar surface area (TPSA) is 36.1 Å². The second kappa shape index (κ2) is 6.69. The zero-order valence-corrected chi connectivity index (χ0v) is 16.3. The van der Waals surface area contributed by atoms with Gasteiger partial charge in [0.1, 0.15) is 0 Å². The number of hydrogen-bond acceptors (Lipinski definition) is 1. The van der Waals surface area contributed by atoms with Gasteiger partial charge in [-0.3, -0.25) is 9.69 Å². The molecule has 0 saturated carbocycles. The Bertz CT molecular complexity index is 1190. The van der Waals surface area contributed by atoms with Gasteiger partial charge in [0.15, 0.2) is 0 Å². The number of para-hydroxylation sites is 3. The summed E-state index contributed by atoms with van der Waals surface area (Å²) in [5.41, 5.74) is 4.57. The molecule has 3 nitrogen and oxygen atoms in total. The van der Waals surface area contributed by atoms with Crippen LogP contribution in [-0.2, 0) is 11.2 Å². The molecule has 0 fully saturated rings. The second-order valence-electron chi connectivity index (χ2n) is 6.92. The van der Waals surface area contributed by atoms with E-state index < -0.39 is 0 Å². The van der Waals surface area contributed by atoms with Gasteiger partial charge in [0, 0.05) is 17.1 Å². The number of rotatable bonds is 3. The molecule has 0 aliphatic carbocycles. The summed E-state index contributed by atoms with van der Waals surface area (Å²) in [5.74, 6) is -0.302. The van der Waals surface area contributed by atoms with Crippen molar-refractivity contribution in [2.24, 2.45) is 0 Å². The molecule has 0 spiro atoms. The Labute approximate surface area is 172 Å². The lowest BCUT2D eigenvalue weighted by Gasteiger charge is -2.21. The van der Waals surface area contributed by atoms with Crippen molar-refractivity contribution in [2.75, 3.05) is 4.90 Å².